The highest BCUT2D eigenvalue weighted by atomic mass is 32.5. The van der Waals surface area contributed by atoms with Crippen LogP contribution in [0, 0.1) is 0 Å². The highest BCUT2D eigenvalue weighted by Crippen LogP contribution is 2.98. The zero-order valence-electron chi connectivity index (χ0n) is 11.2. The van der Waals surface area contributed by atoms with Crippen molar-refractivity contribution in [1.82, 2.24) is 0 Å². The Balaban J connectivity index is 2.38. The largest absolute Gasteiger partial charge is 0.184 e. The van der Waals surface area contributed by atoms with Gasteiger partial charge in [0.25, 0.3) is 0 Å². The third kappa shape index (κ3) is 3.33. The second-order valence-electron chi connectivity index (χ2n) is 5.05. The van der Waals surface area contributed by atoms with Gasteiger partial charge in [0, 0.05) is 0 Å². The molecule has 0 saturated carbocycles. The molecule has 2 aromatic carbocycles. The topological polar surface area (TPSA) is 0 Å². The zero-order chi connectivity index (χ0) is 15.1. The van der Waals surface area contributed by atoms with Gasteiger partial charge in [0.15, 0.2) is 9.84 Å². The monoisotopic (exact) mass is 304 g/mol. The average molecular weight is 304 g/mol. The van der Waals surface area contributed by atoms with E-state index >= 15 is 0 Å². The van der Waals surface area contributed by atoms with Crippen LogP contribution in [0.4, 0.5) is 15.5 Å². The third-order valence-corrected chi connectivity index (χ3v) is 4.60. The van der Waals surface area contributed by atoms with Gasteiger partial charge in [0.1, 0.15) is 0 Å². The minimum atomic E-state index is -8.08. The van der Waals surface area contributed by atoms with E-state index < -0.39 is 14.7 Å². The van der Waals surface area contributed by atoms with Crippen LogP contribution in [-0.2, 0) is 6.42 Å². The maximum atomic E-state index is 13.2. The van der Waals surface area contributed by atoms with Crippen molar-refractivity contribution in [3.05, 3.63) is 54.1 Å². The zero-order valence-corrected chi connectivity index (χ0v) is 12.1. The fraction of sp³-hybridized carbons (Fsp3) is 0.200. The summed E-state index contributed by atoms with van der Waals surface area (Å²) >= 11 is 0. The molecule has 2 aromatic rings. The molecular weight excluding hydrogens is 288 g/mol. The first-order chi connectivity index (χ1) is 8.99. The lowest BCUT2D eigenvalue weighted by Crippen LogP contribution is -2.10. The Bertz CT molecular complexity index is 610. The second-order valence-corrected chi connectivity index (χ2v) is 8.49. The molecule has 5 heteroatoms. The molecule has 0 aliphatic carbocycles. The molecule has 0 amide bonds. The molecule has 0 saturated heterocycles. The van der Waals surface area contributed by atoms with Gasteiger partial charge in [-0.25, -0.2) is 0 Å². The molecule has 0 fully saturated rings. The van der Waals surface area contributed by atoms with Crippen molar-refractivity contribution in [2.24, 2.45) is 0 Å². The van der Waals surface area contributed by atoms with Crippen LogP contribution in [0.25, 0.3) is 11.1 Å². The standard InChI is InChI=1S/C15H16F4S/c1-3-12-4-6-13(7-5-12)14-8-10-15(11-9-14)20(2,16,17,18)19/h4-11H,3H2,1-2H3. The van der Waals surface area contributed by atoms with Crippen molar-refractivity contribution >= 4 is 9.84 Å². The fourth-order valence-corrected chi connectivity index (χ4v) is 2.74. The van der Waals surface area contributed by atoms with Gasteiger partial charge in [-0.2, -0.15) is 0 Å². The molecule has 0 aliphatic rings. The van der Waals surface area contributed by atoms with Gasteiger partial charge >= 0.3 is 0 Å². The van der Waals surface area contributed by atoms with E-state index in [0.29, 0.717) is 5.56 Å². The first-order valence-corrected chi connectivity index (χ1v) is 8.64. The van der Waals surface area contributed by atoms with Crippen molar-refractivity contribution in [3.8, 4) is 11.1 Å². The number of aryl methyl sites for hydroxylation is 1. The molecule has 2 rings (SSSR count). The normalized spacial score (nSPS) is 15.5. The van der Waals surface area contributed by atoms with Gasteiger partial charge < -0.3 is 0 Å². The van der Waals surface area contributed by atoms with Gasteiger partial charge in [-0.3, -0.25) is 0 Å². The average Bonchev–Trinajstić information content (AvgIpc) is 2.36. The van der Waals surface area contributed by atoms with Crippen LogP contribution in [0.5, 0.6) is 0 Å². The van der Waals surface area contributed by atoms with E-state index in [0.717, 1.165) is 29.7 Å². The molecule has 0 heterocycles. The van der Waals surface area contributed by atoms with Crippen molar-refractivity contribution in [3.63, 3.8) is 0 Å². The molecule has 0 bridgehead atoms. The molecule has 0 atom stereocenters. The summed E-state index contributed by atoms with van der Waals surface area (Å²) in [7, 11) is -8.08. The van der Waals surface area contributed by atoms with Gasteiger partial charge in [-0.1, -0.05) is 43.3 Å². The lowest BCUT2D eigenvalue weighted by atomic mass is 10.0. The Hall–Kier alpha value is -1.49. The molecule has 0 N–H and O–H groups in total. The van der Waals surface area contributed by atoms with E-state index in [-0.39, 0.29) is 6.26 Å². The van der Waals surface area contributed by atoms with Crippen LogP contribution in [0.15, 0.2) is 53.4 Å². The van der Waals surface area contributed by atoms with Crippen LogP contribution in [0.3, 0.4) is 0 Å². The molecular formula is C15H16F4S. The summed E-state index contributed by atoms with van der Waals surface area (Å²) in [4.78, 5) is -1.20. The second kappa shape index (κ2) is 4.01. The summed E-state index contributed by atoms with van der Waals surface area (Å²) in [6.07, 6.45) is 0.641. The van der Waals surface area contributed by atoms with E-state index in [1.807, 2.05) is 31.2 Å². The van der Waals surface area contributed by atoms with Crippen LogP contribution < -0.4 is 0 Å². The third-order valence-electron chi connectivity index (χ3n) is 3.14. The Morgan fingerprint density at radius 1 is 0.750 bits per heavy atom. The molecule has 20 heavy (non-hydrogen) atoms. The number of rotatable bonds is 3. The molecule has 0 radical (unpaired) electrons. The van der Waals surface area contributed by atoms with E-state index in [2.05, 4.69) is 0 Å². The van der Waals surface area contributed by atoms with Gasteiger partial charge in [-0.05, 0) is 35.2 Å². The number of hydrogen-bond donors (Lipinski definition) is 0. The van der Waals surface area contributed by atoms with Gasteiger partial charge in [0.05, 0.1) is 11.2 Å². The lowest BCUT2D eigenvalue weighted by molar-refractivity contribution is 0.458. The van der Waals surface area contributed by atoms with Gasteiger partial charge in [0.2, 0.25) is 0 Å². The summed E-state index contributed by atoms with van der Waals surface area (Å²) in [5, 5.41) is 0. The summed E-state index contributed by atoms with van der Waals surface area (Å²) in [5.74, 6) is 0. The van der Waals surface area contributed by atoms with Crippen LogP contribution >= 0.6 is 9.84 Å². The van der Waals surface area contributed by atoms with Crippen molar-refractivity contribution in [2.45, 2.75) is 18.2 Å². The Morgan fingerprint density at radius 2 is 1.15 bits per heavy atom. The highest BCUT2D eigenvalue weighted by molar-refractivity contribution is 8.49. The van der Waals surface area contributed by atoms with Crippen LogP contribution in [0.2, 0.25) is 0 Å². The predicted octanol–water partition coefficient (Wildman–Crippen LogP) is 6.32. The predicted molar refractivity (Wildman–Crippen MR) is 77.5 cm³/mol. The molecule has 0 unspecified atom stereocenters. The summed E-state index contributed by atoms with van der Waals surface area (Å²) in [6, 6.07) is 11.8. The van der Waals surface area contributed by atoms with Crippen LogP contribution in [0.1, 0.15) is 12.5 Å². The summed E-state index contributed by atoms with van der Waals surface area (Å²) in [6.45, 7) is 2.03. The molecule has 0 aliphatic heterocycles. The number of hydrogen-bond acceptors (Lipinski definition) is 0. The Labute approximate surface area is 115 Å². The Morgan fingerprint density at radius 3 is 1.50 bits per heavy atom. The number of benzene rings is 2. The van der Waals surface area contributed by atoms with Gasteiger partial charge in [-0.15, -0.1) is 15.5 Å². The maximum Gasteiger partial charge on any atom is 0.184 e. The van der Waals surface area contributed by atoms with E-state index in [1.54, 1.807) is 0 Å². The number of halogens is 4. The van der Waals surface area contributed by atoms with E-state index in [4.69, 9.17) is 0 Å². The van der Waals surface area contributed by atoms with Crippen molar-refractivity contribution in [2.75, 3.05) is 6.26 Å². The molecule has 0 spiro atoms. The molecule has 0 nitrogen and oxygen atoms in total. The summed E-state index contributed by atoms with van der Waals surface area (Å²) in [5.41, 5.74) is 2.61. The molecule has 0 aromatic heterocycles. The fourth-order valence-electron chi connectivity index (χ4n) is 1.92. The van der Waals surface area contributed by atoms with Crippen LogP contribution in [-0.4, -0.2) is 6.26 Å². The summed E-state index contributed by atoms with van der Waals surface area (Å²) < 4.78 is 53.0. The highest BCUT2D eigenvalue weighted by Gasteiger charge is 2.59. The first kappa shape index (κ1) is 14.9. The van der Waals surface area contributed by atoms with Crippen molar-refractivity contribution < 1.29 is 15.5 Å². The maximum absolute atomic E-state index is 13.2. The minimum absolute atomic E-state index is 0.259. The van der Waals surface area contributed by atoms with Crippen molar-refractivity contribution in [1.29, 1.82) is 0 Å². The smallest absolute Gasteiger partial charge is 0.121 e. The SMILES string of the molecule is CCc1ccc(-c2ccc(S(C)(F)(F)(F)F)cc2)cc1. The lowest BCUT2D eigenvalue weighted by Gasteiger charge is -2.46. The first-order valence-electron chi connectivity index (χ1n) is 6.18. The quantitative estimate of drug-likeness (QED) is 0.582. The van der Waals surface area contributed by atoms with E-state index in [1.165, 1.54) is 12.1 Å². The Kier molecular flexibility index (Phi) is 2.99. The minimum Gasteiger partial charge on any atom is -0.121 e. The van der Waals surface area contributed by atoms with E-state index in [9.17, 15) is 15.5 Å². The molecule has 110 valence electrons.